The second-order valence-electron chi connectivity index (χ2n) is 4.11. The van der Waals surface area contributed by atoms with E-state index in [0.29, 0.717) is 22.9 Å². The number of hydrogen-bond donors (Lipinski definition) is 2. The zero-order valence-corrected chi connectivity index (χ0v) is 13.6. The van der Waals surface area contributed by atoms with Crippen LogP contribution in [0.25, 0.3) is 0 Å². The molecule has 1 aromatic carbocycles. The van der Waals surface area contributed by atoms with E-state index in [-0.39, 0.29) is 0 Å². The maximum absolute atomic E-state index is 11.2. The number of hydrogen-bond acceptors (Lipinski definition) is 4. The molecule has 0 aliphatic heterocycles. The molecular formula is C12H12BrClN2O3S. The summed E-state index contributed by atoms with van der Waals surface area (Å²) < 4.78 is 30.9. The van der Waals surface area contributed by atoms with Crippen molar-refractivity contribution in [3.63, 3.8) is 0 Å². The van der Waals surface area contributed by atoms with Crippen molar-refractivity contribution >= 4 is 48.9 Å². The Hall–Kier alpha value is -1.18. The first-order chi connectivity index (χ1) is 9.35. The summed E-state index contributed by atoms with van der Waals surface area (Å²) in [4.78, 5) is 0. The minimum Gasteiger partial charge on any atom is -0.466 e. The number of rotatable bonds is 5. The summed E-state index contributed by atoms with van der Waals surface area (Å²) in [6.45, 7) is 0.426. The van der Waals surface area contributed by atoms with Crippen LogP contribution in [0, 0.1) is 0 Å². The van der Waals surface area contributed by atoms with E-state index < -0.39 is 10.0 Å². The lowest BCUT2D eigenvalue weighted by Gasteiger charge is -2.10. The van der Waals surface area contributed by atoms with Gasteiger partial charge in [0.05, 0.1) is 39.9 Å². The molecule has 0 fully saturated rings. The van der Waals surface area contributed by atoms with Crippen molar-refractivity contribution in [1.29, 1.82) is 0 Å². The molecule has 0 bridgehead atoms. The molecule has 2 rings (SSSR count). The summed E-state index contributed by atoms with van der Waals surface area (Å²) >= 11 is 9.42. The largest absolute Gasteiger partial charge is 0.466 e. The van der Waals surface area contributed by atoms with Crippen LogP contribution in [0.3, 0.4) is 0 Å². The van der Waals surface area contributed by atoms with Gasteiger partial charge in [-0.3, -0.25) is 4.72 Å². The predicted octanol–water partition coefficient (Wildman–Crippen LogP) is 3.68. The van der Waals surface area contributed by atoms with Gasteiger partial charge in [-0.15, -0.1) is 0 Å². The molecule has 0 aliphatic rings. The smallest absolute Gasteiger partial charge is 0.229 e. The molecule has 0 atom stereocenters. The lowest BCUT2D eigenvalue weighted by Crippen LogP contribution is -2.10. The van der Waals surface area contributed by atoms with Gasteiger partial charge >= 0.3 is 0 Å². The van der Waals surface area contributed by atoms with Crippen molar-refractivity contribution in [3.8, 4) is 0 Å². The van der Waals surface area contributed by atoms with Gasteiger partial charge in [0, 0.05) is 0 Å². The maximum Gasteiger partial charge on any atom is 0.229 e. The third-order valence-electron chi connectivity index (χ3n) is 2.40. The van der Waals surface area contributed by atoms with E-state index >= 15 is 0 Å². The van der Waals surface area contributed by atoms with Gasteiger partial charge in [0.1, 0.15) is 5.76 Å². The van der Waals surface area contributed by atoms with Crippen LogP contribution in [0.2, 0.25) is 5.02 Å². The highest BCUT2D eigenvalue weighted by Crippen LogP contribution is 2.27. The van der Waals surface area contributed by atoms with Crippen molar-refractivity contribution < 1.29 is 12.8 Å². The van der Waals surface area contributed by atoms with Crippen molar-refractivity contribution in [1.82, 2.24) is 0 Å². The first-order valence-electron chi connectivity index (χ1n) is 5.58. The molecule has 8 heteroatoms. The Bertz CT molecular complexity index is 715. The molecule has 0 saturated heterocycles. The summed E-state index contributed by atoms with van der Waals surface area (Å²) in [5.41, 5.74) is 1.06. The van der Waals surface area contributed by atoms with Crippen LogP contribution >= 0.6 is 27.5 Å². The van der Waals surface area contributed by atoms with E-state index in [0.717, 1.165) is 16.5 Å². The monoisotopic (exact) mass is 378 g/mol. The molecule has 0 saturated carbocycles. The fourth-order valence-electron chi connectivity index (χ4n) is 1.57. The van der Waals surface area contributed by atoms with Crippen LogP contribution in [0.1, 0.15) is 5.76 Å². The van der Waals surface area contributed by atoms with Gasteiger partial charge in [0.25, 0.3) is 0 Å². The lowest BCUT2D eigenvalue weighted by atomic mass is 10.3. The third kappa shape index (κ3) is 4.16. The zero-order valence-electron chi connectivity index (χ0n) is 10.5. The molecule has 108 valence electrons. The van der Waals surface area contributed by atoms with Gasteiger partial charge in [-0.2, -0.15) is 0 Å². The van der Waals surface area contributed by atoms with Crippen LogP contribution in [0.5, 0.6) is 0 Å². The minimum absolute atomic E-state index is 0.426. The molecular weight excluding hydrogens is 368 g/mol. The maximum atomic E-state index is 11.2. The summed E-state index contributed by atoms with van der Waals surface area (Å²) in [7, 11) is -3.32. The molecule has 2 aromatic rings. The third-order valence-corrected chi connectivity index (χ3v) is 4.04. The quantitative estimate of drug-likeness (QED) is 0.831. The van der Waals surface area contributed by atoms with Crippen LogP contribution in [0.4, 0.5) is 11.4 Å². The highest BCUT2D eigenvalue weighted by molar-refractivity contribution is 9.10. The molecule has 1 aromatic heterocycles. The van der Waals surface area contributed by atoms with Gasteiger partial charge in [0.15, 0.2) is 0 Å². The number of benzene rings is 1. The molecule has 2 N–H and O–H groups in total. The number of sulfonamides is 1. The summed E-state index contributed by atoms with van der Waals surface area (Å²) in [6.07, 6.45) is 2.67. The van der Waals surface area contributed by atoms with Crippen LogP contribution in [0.15, 0.2) is 39.4 Å². The highest BCUT2D eigenvalue weighted by Gasteiger charge is 2.08. The number of anilines is 2. The summed E-state index contributed by atoms with van der Waals surface area (Å²) in [5.74, 6) is 0.725. The van der Waals surface area contributed by atoms with Gasteiger partial charge in [-0.1, -0.05) is 11.6 Å². The van der Waals surface area contributed by atoms with Gasteiger partial charge < -0.3 is 9.73 Å². The Kier molecular flexibility index (Phi) is 4.62. The highest BCUT2D eigenvalue weighted by atomic mass is 79.9. The lowest BCUT2D eigenvalue weighted by molar-refractivity contribution is 0.516. The summed E-state index contributed by atoms with van der Waals surface area (Å²) in [5, 5.41) is 3.58. The molecule has 5 nitrogen and oxygen atoms in total. The van der Waals surface area contributed by atoms with Crippen molar-refractivity contribution in [2.45, 2.75) is 6.54 Å². The molecule has 0 amide bonds. The molecule has 0 radical (unpaired) electrons. The molecule has 0 spiro atoms. The predicted molar refractivity (Wildman–Crippen MR) is 83.7 cm³/mol. The van der Waals surface area contributed by atoms with Gasteiger partial charge in [-0.25, -0.2) is 8.42 Å². The second kappa shape index (κ2) is 6.07. The second-order valence-corrected chi connectivity index (χ2v) is 7.12. The zero-order chi connectivity index (χ0) is 14.8. The molecule has 20 heavy (non-hydrogen) atoms. The Morgan fingerprint density at radius 2 is 2.10 bits per heavy atom. The summed E-state index contributed by atoms with van der Waals surface area (Å²) in [6, 6.07) is 6.63. The van der Waals surface area contributed by atoms with E-state index in [1.807, 2.05) is 0 Å². The van der Waals surface area contributed by atoms with Gasteiger partial charge in [-0.05, 0) is 40.2 Å². The average Bonchev–Trinajstić information content (AvgIpc) is 2.74. The van der Waals surface area contributed by atoms with Crippen LogP contribution in [-0.4, -0.2) is 14.7 Å². The van der Waals surface area contributed by atoms with Crippen molar-refractivity contribution in [2.24, 2.45) is 0 Å². The van der Waals surface area contributed by atoms with E-state index in [4.69, 9.17) is 16.0 Å². The number of halogens is 2. The van der Waals surface area contributed by atoms with E-state index in [2.05, 4.69) is 26.0 Å². The molecule has 1 heterocycles. The van der Waals surface area contributed by atoms with E-state index in [1.165, 1.54) is 0 Å². The average molecular weight is 380 g/mol. The van der Waals surface area contributed by atoms with Crippen molar-refractivity contribution in [3.05, 3.63) is 45.8 Å². The van der Waals surface area contributed by atoms with Gasteiger partial charge in [0.2, 0.25) is 10.0 Å². The first-order valence-corrected chi connectivity index (χ1v) is 8.64. The topological polar surface area (TPSA) is 71.3 Å². The van der Waals surface area contributed by atoms with Crippen LogP contribution < -0.4 is 10.0 Å². The Morgan fingerprint density at radius 1 is 1.35 bits per heavy atom. The molecule has 0 aliphatic carbocycles. The van der Waals surface area contributed by atoms with Crippen LogP contribution in [-0.2, 0) is 16.6 Å². The Balaban J connectivity index is 2.15. The SMILES string of the molecule is CS(=O)(=O)Nc1ccc(Cl)c(NCc2occc2Br)c1. The standard InChI is InChI=1S/C12H12BrClN2O3S/c1-20(17,18)16-8-2-3-10(14)11(6-8)15-7-12-9(13)4-5-19-12/h2-6,15-16H,7H2,1H3. The number of nitrogens with one attached hydrogen (secondary N) is 2. The fourth-order valence-corrected chi connectivity index (χ4v) is 2.65. The Morgan fingerprint density at radius 3 is 2.70 bits per heavy atom. The van der Waals surface area contributed by atoms with Crippen molar-refractivity contribution in [2.75, 3.05) is 16.3 Å². The molecule has 0 unspecified atom stereocenters. The fraction of sp³-hybridized carbons (Fsp3) is 0.167. The normalized spacial score (nSPS) is 11.3. The van der Waals surface area contributed by atoms with E-state index in [1.54, 1.807) is 30.5 Å². The Labute approximate surface area is 130 Å². The van der Waals surface area contributed by atoms with E-state index in [9.17, 15) is 8.42 Å². The number of furan rings is 1. The minimum atomic E-state index is -3.32. The first kappa shape index (κ1) is 15.2.